The van der Waals surface area contributed by atoms with Gasteiger partial charge in [-0.25, -0.2) is 0 Å². The Morgan fingerprint density at radius 1 is 1.11 bits per heavy atom. The van der Waals surface area contributed by atoms with Crippen molar-refractivity contribution in [3.8, 4) is 11.4 Å². The van der Waals surface area contributed by atoms with Crippen molar-refractivity contribution >= 4 is 29.1 Å². The van der Waals surface area contributed by atoms with Gasteiger partial charge in [0, 0.05) is 34.3 Å². The lowest BCUT2D eigenvalue weighted by atomic mass is 9.97. The number of piperidine rings is 1. The van der Waals surface area contributed by atoms with Gasteiger partial charge >= 0.3 is 0 Å². The van der Waals surface area contributed by atoms with Crippen LogP contribution in [0.4, 0.5) is 0 Å². The van der Waals surface area contributed by atoms with Gasteiger partial charge in [0.05, 0.1) is 5.92 Å². The Labute approximate surface area is 166 Å². The van der Waals surface area contributed by atoms with Gasteiger partial charge in [-0.2, -0.15) is 4.98 Å². The summed E-state index contributed by atoms with van der Waals surface area (Å²) < 4.78 is 5.49. The molecule has 4 rings (SSSR count). The van der Waals surface area contributed by atoms with Crippen molar-refractivity contribution in [3.63, 3.8) is 0 Å². The number of likely N-dealkylation sites (tertiary alicyclic amines) is 1. The van der Waals surface area contributed by atoms with Crippen LogP contribution in [0, 0.1) is 0 Å². The molecule has 1 aliphatic rings. The highest BCUT2D eigenvalue weighted by Gasteiger charge is 2.29. The van der Waals surface area contributed by atoms with E-state index < -0.39 is 0 Å². The van der Waals surface area contributed by atoms with Crippen LogP contribution < -0.4 is 0 Å². The van der Waals surface area contributed by atoms with E-state index in [1.807, 2.05) is 17.0 Å². The maximum Gasteiger partial charge on any atom is 0.253 e. The molecule has 7 heteroatoms. The van der Waals surface area contributed by atoms with Crippen molar-refractivity contribution in [2.45, 2.75) is 18.8 Å². The minimum Gasteiger partial charge on any atom is -0.339 e. The van der Waals surface area contributed by atoms with Gasteiger partial charge in [-0.05, 0) is 43.2 Å². The molecule has 0 N–H and O–H groups in total. The fourth-order valence-corrected chi connectivity index (χ4v) is 3.69. The van der Waals surface area contributed by atoms with E-state index in [0.717, 1.165) is 18.4 Å². The number of nitrogens with zero attached hydrogens (tertiary/aromatic N) is 3. The lowest BCUT2D eigenvalue weighted by Gasteiger charge is -2.31. The smallest absolute Gasteiger partial charge is 0.253 e. The molecule has 2 heterocycles. The molecule has 0 bridgehead atoms. The summed E-state index contributed by atoms with van der Waals surface area (Å²) >= 11 is 12.0. The Kier molecular flexibility index (Phi) is 5.14. The molecule has 1 aliphatic heterocycles. The number of rotatable bonds is 3. The molecule has 1 fully saturated rings. The molecule has 0 radical (unpaired) electrons. The average Bonchev–Trinajstić information content (AvgIpc) is 3.18. The number of amides is 1. The first-order valence-corrected chi connectivity index (χ1v) is 9.50. The summed E-state index contributed by atoms with van der Waals surface area (Å²) in [5, 5.41) is 5.25. The van der Waals surface area contributed by atoms with Gasteiger partial charge in [0.25, 0.3) is 5.91 Å². The summed E-state index contributed by atoms with van der Waals surface area (Å²) in [5.41, 5.74) is 1.40. The third-order valence-corrected chi connectivity index (χ3v) is 5.12. The maximum absolute atomic E-state index is 12.8. The summed E-state index contributed by atoms with van der Waals surface area (Å²) in [7, 11) is 0. The first-order chi connectivity index (χ1) is 13.1. The zero-order chi connectivity index (χ0) is 18.8. The van der Waals surface area contributed by atoms with E-state index in [1.165, 1.54) is 0 Å². The van der Waals surface area contributed by atoms with Crippen LogP contribution in [0.3, 0.4) is 0 Å². The molecule has 5 nitrogen and oxygen atoms in total. The Morgan fingerprint density at radius 3 is 2.67 bits per heavy atom. The second-order valence-electron chi connectivity index (χ2n) is 6.57. The zero-order valence-corrected chi connectivity index (χ0v) is 16.0. The molecular formula is C20H17Cl2N3O2. The van der Waals surface area contributed by atoms with Gasteiger partial charge in [-0.3, -0.25) is 4.79 Å². The van der Waals surface area contributed by atoms with Crippen molar-refractivity contribution in [3.05, 3.63) is 70.0 Å². The van der Waals surface area contributed by atoms with Crippen molar-refractivity contribution in [1.82, 2.24) is 15.0 Å². The van der Waals surface area contributed by atoms with Crippen LogP contribution in [0.15, 0.2) is 53.1 Å². The largest absolute Gasteiger partial charge is 0.339 e. The lowest BCUT2D eigenvalue weighted by Crippen LogP contribution is -2.39. The van der Waals surface area contributed by atoms with Gasteiger partial charge in [0.2, 0.25) is 11.7 Å². The molecule has 0 saturated carbocycles. The predicted octanol–water partition coefficient (Wildman–Crippen LogP) is 5.06. The van der Waals surface area contributed by atoms with Gasteiger partial charge in [-0.15, -0.1) is 0 Å². The number of hydrogen-bond acceptors (Lipinski definition) is 4. The normalized spacial score (nSPS) is 17.1. The number of halogens is 2. The molecule has 2 aromatic carbocycles. The van der Waals surface area contributed by atoms with Crippen molar-refractivity contribution in [2.75, 3.05) is 13.1 Å². The quantitative estimate of drug-likeness (QED) is 0.614. The second-order valence-corrected chi connectivity index (χ2v) is 7.44. The number of carbonyl (C=O) groups excluding carboxylic acids is 1. The summed E-state index contributed by atoms with van der Waals surface area (Å²) in [6.45, 7) is 1.25. The molecule has 0 aliphatic carbocycles. The maximum atomic E-state index is 12.8. The SMILES string of the molecule is O=C(c1cccc(Cl)c1)N1CCCC(c2nc(-c3cccc(Cl)c3)no2)C1. The van der Waals surface area contributed by atoms with Crippen LogP contribution in [-0.4, -0.2) is 34.0 Å². The van der Waals surface area contributed by atoms with Gasteiger partial charge in [0.1, 0.15) is 0 Å². The number of carbonyl (C=O) groups is 1. The zero-order valence-electron chi connectivity index (χ0n) is 14.4. The Balaban J connectivity index is 1.51. The van der Waals surface area contributed by atoms with Gasteiger partial charge in [-0.1, -0.05) is 46.6 Å². The standard InChI is InChI=1S/C20H17Cl2N3O2/c21-16-7-1-4-13(10-16)18-23-19(27-24-18)15-6-3-9-25(12-15)20(26)14-5-2-8-17(22)11-14/h1-2,4-5,7-8,10-11,15H,3,6,9,12H2. The fourth-order valence-electron chi connectivity index (χ4n) is 3.31. The number of aromatic nitrogens is 2. The van der Waals surface area contributed by atoms with E-state index in [-0.39, 0.29) is 11.8 Å². The first-order valence-electron chi connectivity index (χ1n) is 8.74. The van der Waals surface area contributed by atoms with E-state index in [2.05, 4.69) is 10.1 Å². The molecule has 1 unspecified atom stereocenters. The highest BCUT2D eigenvalue weighted by molar-refractivity contribution is 6.31. The molecule has 1 amide bonds. The third kappa shape index (κ3) is 3.99. The number of hydrogen-bond donors (Lipinski definition) is 0. The molecule has 138 valence electrons. The highest BCUT2D eigenvalue weighted by atomic mass is 35.5. The van der Waals surface area contributed by atoms with E-state index in [9.17, 15) is 4.79 Å². The van der Waals surface area contributed by atoms with Gasteiger partial charge in [0.15, 0.2) is 0 Å². The Hall–Kier alpha value is -2.37. The van der Waals surface area contributed by atoms with Crippen LogP contribution in [0.1, 0.15) is 35.0 Å². The molecular weight excluding hydrogens is 385 g/mol. The Morgan fingerprint density at radius 2 is 1.89 bits per heavy atom. The molecule has 0 spiro atoms. The number of benzene rings is 2. The second kappa shape index (κ2) is 7.71. The fraction of sp³-hybridized carbons (Fsp3) is 0.250. The minimum absolute atomic E-state index is 0.0160. The van der Waals surface area contributed by atoms with E-state index in [0.29, 0.717) is 40.4 Å². The summed E-state index contributed by atoms with van der Waals surface area (Å²) in [4.78, 5) is 19.1. The van der Waals surface area contributed by atoms with E-state index >= 15 is 0 Å². The topological polar surface area (TPSA) is 59.2 Å². The van der Waals surface area contributed by atoms with Crippen LogP contribution in [0.2, 0.25) is 10.0 Å². The first kappa shape index (κ1) is 18.0. The predicted molar refractivity (Wildman–Crippen MR) is 104 cm³/mol. The average molecular weight is 402 g/mol. The third-order valence-electron chi connectivity index (χ3n) is 4.65. The van der Waals surface area contributed by atoms with Crippen LogP contribution in [-0.2, 0) is 0 Å². The summed E-state index contributed by atoms with van der Waals surface area (Å²) in [6.07, 6.45) is 1.78. The summed E-state index contributed by atoms with van der Waals surface area (Å²) in [5.74, 6) is 1.04. The van der Waals surface area contributed by atoms with Crippen LogP contribution in [0.25, 0.3) is 11.4 Å². The van der Waals surface area contributed by atoms with Gasteiger partial charge < -0.3 is 9.42 Å². The minimum atomic E-state index is -0.0308. The van der Waals surface area contributed by atoms with E-state index in [4.69, 9.17) is 27.7 Å². The molecule has 1 atom stereocenters. The molecule has 1 aromatic heterocycles. The Bertz CT molecular complexity index is 973. The highest BCUT2D eigenvalue weighted by Crippen LogP contribution is 2.29. The molecule has 1 saturated heterocycles. The van der Waals surface area contributed by atoms with Crippen molar-refractivity contribution < 1.29 is 9.32 Å². The summed E-state index contributed by atoms with van der Waals surface area (Å²) in [6, 6.07) is 14.3. The van der Waals surface area contributed by atoms with E-state index in [1.54, 1.807) is 36.4 Å². The lowest BCUT2D eigenvalue weighted by molar-refractivity contribution is 0.0695. The monoisotopic (exact) mass is 401 g/mol. The molecule has 3 aromatic rings. The van der Waals surface area contributed by atoms with Crippen LogP contribution >= 0.6 is 23.2 Å². The van der Waals surface area contributed by atoms with Crippen molar-refractivity contribution in [1.29, 1.82) is 0 Å². The van der Waals surface area contributed by atoms with Crippen molar-refractivity contribution in [2.24, 2.45) is 0 Å². The molecule has 27 heavy (non-hydrogen) atoms. The van der Waals surface area contributed by atoms with Crippen LogP contribution in [0.5, 0.6) is 0 Å².